The number of nitrogens with zero attached hydrogens (tertiary/aromatic N) is 2. The van der Waals surface area contributed by atoms with Crippen molar-refractivity contribution in [2.75, 3.05) is 0 Å². The van der Waals surface area contributed by atoms with E-state index in [1.807, 2.05) is 0 Å². The Kier molecular flexibility index (Phi) is 2.84. The summed E-state index contributed by atoms with van der Waals surface area (Å²) in [6, 6.07) is 0. The van der Waals surface area contributed by atoms with Gasteiger partial charge in [-0.05, 0) is 19.3 Å². The molecular formula is C7H12N6. The zero-order chi connectivity index (χ0) is 9.84. The number of hydrogen-bond acceptors (Lipinski definition) is 4. The molecule has 13 heavy (non-hydrogen) atoms. The van der Waals surface area contributed by atoms with E-state index in [1.165, 1.54) is 0 Å². The van der Waals surface area contributed by atoms with Gasteiger partial charge in [0.05, 0.1) is 5.71 Å². The van der Waals surface area contributed by atoms with Gasteiger partial charge in [0.25, 0.3) is 0 Å². The molecule has 0 aromatic carbocycles. The summed E-state index contributed by atoms with van der Waals surface area (Å²) in [5.74, 6) is -0.253. The first-order chi connectivity index (χ1) is 6.16. The van der Waals surface area contributed by atoms with Crippen LogP contribution in [0.25, 0.3) is 0 Å². The molecule has 1 rings (SSSR count). The molecule has 1 fully saturated rings. The third-order valence-corrected chi connectivity index (χ3v) is 2.14. The molecule has 5 N–H and O–H groups in total. The topological polar surface area (TPSA) is 122 Å². The molecule has 0 aromatic heterocycles. The lowest BCUT2D eigenvalue weighted by Gasteiger charge is -2.09. The Morgan fingerprint density at radius 1 is 1.54 bits per heavy atom. The van der Waals surface area contributed by atoms with E-state index < -0.39 is 0 Å². The maximum Gasteiger partial charge on any atom is 0.169 e. The Morgan fingerprint density at radius 2 is 2.23 bits per heavy atom. The molecule has 0 aliphatic heterocycles. The van der Waals surface area contributed by atoms with E-state index in [2.05, 4.69) is 10.3 Å². The van der Waals surface area contributed by atoms with Gasteiger partial charge in [0.15, 0.2) is 5.84 Å². The van der Waals surface area contributed by atoms with Crippen LogP contribution in [0, 0.1) is 22.3 Å². The Morgan fingerprint density at radius 3 is 2.69 bits per heavy atom. The van der Waals surface area contributed by atoms with Crippen LogP contribution in [0.2, 0.25) is 0 Å². The molecule has 0 saturated heterocycles. The van der Waals surface area contributed by atoms with E-state index >= 15 is 0 Å². The van der Waals surface area contributed by atoms with Crippen LogP contribution in [0.4, 0.5) is 0 Å². The summed E-state index contributed by atoms with van der Waals surface area (Å²) in [6.07, 6.45) is 2.45. The third-order valence-electron chi connectivity index (χ3n) is 2.14. The van der Waals surface area contributed by atoms with Gasteiger partial charge in [-0.2, -0.15) is 5.53 Å². The predicted octanol–water partition coefficient (Wildman–Crippen LogP) is 1.13. The highest BCUT2D eigenvalue weighted by Crippen LogP contribution is 2.22. The molecule has 1 aliphatic carbocycles. The van der Waals surface area contributed by atoms with Crippen molar-refractivity contribution in [3.63, 3.8) is 0 Å². The number of nitrogens with one attached hydrogen (secondary N) is 3. The molecule has 1 saturated carbocycles. The van der Waals surface area contributed by atoms with Crippen LogP contribution in [-0.4, -0.2) is 17.3 Å². The van der Waals surface area contributed by atoms with Gasteiger partial charge in [0.2, 0.25) is 0 Å². The molecule has 1 atom stereocenters. The largest absolute Gasteiger partial charge is 0.381 e. The fraction of sp³-hybridized carbons (Fsp3) is 0.571. The van der Waals surface area contributed by atoms with Crippen molar-refractivity contribution in [1.29, 1.82) is 16.3 Å². The first-order valence-corrected chi connectivity index (χ1v) is 4.03. The monoisotopic (exact) mass is 180 g/mol. The summed E-state index contributed by atoms with van der Waals surface area (Å²) in [5.41, 5.74) is 12.5. The number of amidine groups is 1. The average molecular weight is 180 g/mol. The van der Waals surface area contributed by atoms with Crippen molar-refractivity contribution >= 4 is 17.3 Å². The van der Waals surface area contributed by atoms with Gasteiger partial charge in [-0.3, -0.25) is 0 Å². The molecule has 0 amide bonds. The normalized spacial score (nSPS) is 23.2. The van der Waals surface area contributed by atoms with Crippen LogP contribution in [0.5, 0.6) is 0 Å². The van der Waals surface area contributed by atoms with Crippen LogP contribution >= 0.6 is 0 Å². The maximum absolute atomic E-state index is 7.59. The highest BCUT2D eigenvalue weighted by atomic mass is 15.3. The van der Waals surface area contributed by atoms with Gasteiger partial charge in [0, 0.05) is 11.6 Å². The molecule has 0 heterocycles. The number of rotatable bonds is 3. The predicted molar refractivity (Wildman–Crippen MR) is 49.6 cm³/mol. The molecule has 0 aromatic rings. The van der Waals surface area contributed by atoms with Crippen molar-refractivity contribution in [1.82, 2.24) is 0 Å². The highest BCUT2D eigenvalue weighted by Gasteiger charge is 2.26. The first-order valence-electron chi connectivity index (χ1n) is 4.03. The summed E-state index contributed by atoms with van der Waals surface area (Å²) in [7, 11) is 0. The van der Waals surface area contributed by atoms with E-state index in [-0.39, 0.29) is 17.5 Å². The van der Waals surface area contributed by atoms with Gasteiger partial charge in [-0.15, -0.1) is 5.10 Å². The van der Waals surface area contributed by atoms with Crippen LogP contribution in [0.3, 0.4) is 0 Å². The van der Waals surface area contributed by atoms with Crippen molar-refractivity contribution in [3.05, 3.63) is 0 Å². The molecule has 0 spiro atoms. The summed E-state index contributed by atoms with van der Waals surface area (Å²) >= 11 is 0. The summed E-state index contributed by atoms with van der Waals surface area (Å²) in [5, 5.41) is 21.1. The fourth-order valence-corrected chi connectivity index (χ4v) is 1.45. The highest BCUT2D eigenvalue weighted by molar-refractivity contribution is 6.43. The Balaban J connectivity index is 2.72. The van der Waals surface area contributed by atoms with Crippen molar-refractivity contribution in [2.45, 2.75) is 19.3 Å². The van der Waals surface area contributed by atoms with E-state index in [4.69, 9.17) is 22.1 Å². The molecule has 1 unspecified atom stereocenters. The summed E-state index contributed by atoms with van der Waals surface area (Å²) < 4.78 is 0. The van der Waals surface area contributed by atoms with Crippen LogP contribution in [-0.2, 0) is 0 Å². The summed E-state index contributed by atoms with van der Waals surface area (Å²) in [4.78, 5) is 0. The smallest absolute Gasteiger partial charge is 0.169 e. The SMILES string of the molecule is N=NN=C(N)C(=N)C1CCCC1=N. The quantitative estimate of drug-likeness (QED) is 0.221. The van der Waals surface area contributed by atoms with Crippen LogP contribution in [0.1, 0.15) is 19.3 Å². The Bertz CT molecular complexity index is 279. The molecule has 6 nitrogen and oxygen atoms in total. The van der Waals surface area contributed by atoms with Gasteiger partial charge in [-0.1, -0.05) is 5.22 Å². The number of nitrogens with two attached hydrogens (primary N) is 1. The minimum Gasteiger partial charge on any atom is -0.381 e. The molecule has 70 valence electrons. The van der Waals surface area contributed by atoms with Crippen LogP contribution < -0.4 is 5.73 Å². The zero-order valence-corrected chi connectivity index (χ0v) is 7.17. The standard InChI is InChI=1S/C7H12N6/c8-5-3-1-2-4(5)6(9)7(10)12-13-11/h4,8-9H,1-3H2,(H3,10,11,12). The van der Waals surface area contributed by atoms with Crippen LogP contribution in [0.15, 0.2) is 10.3 Å². The second kappa shape index (κ2) is 3.88. The Labute approximate surface area is 75.7 Å². The fourth-order valence-electron chi connectivity index (χ4n) is 1.45. The third kappa shape index (κ3) is 1.95. The molecule has 0 radical (unpaired) electrons. The van der Waals surface area contributed by atoms with Gasteiger partial charge in [0.1, 0.15) is 0 Å². The van der Waals surface area contributed by atoms with E-state index in [0.29, 0.717) is 5.71 Å². The second-order valence-corrected chi connectivity index (χ2v) is 2.97. The van der Waals surface area contributed by atoms with Crippen molar-refractivity contribution in [2.24, 2.45) is 22.0 Å². The second-order valence-electron chi connectivity index (χ2n) is 2.97. The van der Waals surface area contributed by atoms with Crippen molar-refractivity contribution in [3.8, 4) is 0 Å². The molecule has 1 aliphatic rings. The van der Waals surface area contributed by atoms with E-state index in [0.717, 1.165) is 19.3 Å². The van der Waals surface area contributed by atoms with Crippen molar-refractivity contribution < 1.29 is 0 Å². The van der Waals surface area contributed by atoms with E-state index in [9.17, 15) is 0 Å². The lowest BCUT2D eigenvalue weighted by Crippen LogP contribution is -2.31. The minimum atomic E-state index is -0.203. The molecule has 6 heteroatoms. The van der Waals surface area contributed by atoms with Gasteiger partial charge in [-0.25, -0.2) is 0 Å². The Hall–Kier alpha value is -1.59. The van der Waals surface area contributed by atoms with E-state index in [1.54, 1.807) is 0 Å². The summed E-state index contributed by atoms with van der Waals surface area (Å²) in [6.45, 7) is 0. The molecular weight excluding hydrogens is 168 g/mol. The minimum absolute atomic E-state index is 0.0494. The maximum atomic E-state index is 7.59. The lowest BCUT2D eigenvalue weighted by molar-refractivity contribution is 0.812. The average Bonchev–Trinajstić information content (AvgIpc) is 2.50. The van der Waals surface area contributed by atoms with Gasteiger partial charge >= 0.3 is 0 Å². The lowest BCUT2D eigenvalue weighted by atomic mass is 10.00. The van der Waals surface area contributed by atoms with Gasteiger partial charge < -0.3 is 16.6 Å². The molecule has 0 bridgehead atoms. The first kappa shape index (κ1) is 9.50. The zero-order valence-electron chi connectivity index (χ0n) is 7.17. The number of hydrogen-bond donors (Lipinski definition) is 4.